The summed E-state index contributed by atoms with van der Waals surface area (Å²) >= 11 is 0. The van der Waals surface area contributed by atoms with Gasteiger partial charge in [0.25, 0.3) is 0 Å². The minimum absolute atomic E-state index is 0.597. The summed E-state index contributed by atoms with van der Waals surface area (Å²) in [6, 6.07) is 7.12. The van der Waals surface area contributed by atoms with Gasteiger partial charge >= 0.3 is 0 Å². The number of hydrogen-bond acceptors (Lipinski definition) is 1. The largest absolute Gasteiger partial charge is 0.502 e. The molecule has 1 aromatic rings. The van der Waals surface area contributed by atoms with Gasteiger partial charge in [-0.15, -0.1) is 0 Å². The molecule has 1 nitrogen and oxygen atoms in total. The smallest absolute Gasteiger partial charge is 0.191 e. The van der Waals surface area contributed by atoms with Crippen LogP contribution in [0, 0.1) is 0 Å². The number of hydrogen-bond donors (Lipinski definition) is 1. The maximum absolute atomic E-state index is 8.51. The van der Waals surface area contributed by atoms with Crippen LogP contribution in [0.3, 0.4) is 0 Å². The summed E-state index contributed by atoms with van der Waals surface area (Å²) in [6.07, 6.45) is 0.995. The lowest BCUT2D eigenvalue weighted by Gasteiger charge is -1.72. The fourth-order valence-electron chi connectivity index (χ4n) is 0.628. The van der Waals surface area contributed by atoms with E-state index in [2.05, 4.69) is 0 Å². The van der Waals surface area contributed by atoms with Crippen molar-refractivity contribution in [3.8, 4) is 0 Å². The average Bonchev–Trinajstić information content (AvgIpc) is 1.89. The molecule has 0 amide bonds. The Hall–Kier alpha value is -1.33. The second kappa shape index (κ2) is 2.29. The molecule has 0 heterocycles. The SMILES string of the molecule is [CH+]=c1ccccc1=CO. The van der Waals surface area contributed by atoms with Gasteiger partial charge in [0.15, 0.2) is 5.22 Å². The molecule has 0 radical (unpaired) electrons. The van der Waals surface area contributed by atoms with Gasteiger partial charge in [-0.05, 0) is 12.1 Å². The van der Waals surface area contributed by atoms with Crippen LogP contribution >= 0.6 is 0 Å². The van der Waals surface area contributed by atoms with Crippen LogP contribution in [0.4, 0.5) is 0 Å². The van der Waals surface area contributed by atoms with Crippen molar-refractivity contribution in [2.24, 2.45) is 0 Å². The van der Waals surface area contributed by atoms with Gasteiger partial charge in [-0.2, -0.15) is 0 Å². The second-order valence-corrected chi connectivity index (χ2v) is 1.76. The van der Waals surface area contributed by atoms with Crippen LogP contribution in [0.25, 0.3) is 12.8 Å². The van der Waals surface area contributed by atoms with Crippen molar-refractivity contribution in [1.29, 1.82) is 0 Å². The number of aliphatic hydroxyl groups is 1. The predicted molar refractivity (Wildman–Crippen MR) is 37.3 cm³/mol. The molecule has 0 unspecified atom stereocenters. The van der Waals surface area contributed by atoms with Gasteiger partial charge in [-0.3, -0.25) is 0 Å². The minimum atomic E-state index is 0.597. The van der Waals surface area contributed by atoms with E-state index < -0.39 is 0 Å². The molecule has 1 aromatic carbocycles. The normalized spacial score (nSPS) is 11.7. The maximum atomic E-state index is 8.51. The van der Waals surface area contributed by atoms with Crippen LogP contribution in [0.2, 0.25) is 0 Å². The van der Waals surface area contributed by atoms with E-state index in [9.17, 15) is 0 Å². The quantitative estimate of drug-likeness (QED) is 0.486. The third-order valence-electron chi connectivity index (χ3n) is 1.14. The average molecular weight is 119 g/mol. The fourth-order valence-corrected chi connectivity index (χ4v) is 0.628. The van der Waals surface area contributed by atoms with Crippen LogP contribution in [0.5, 0.6) is 0 Å². The number of benzene rings is 1. The molecule has 0 fully saturated rings. The third-order valence-corrected chi connectivity index (χ3v) is 1.14. The Morgan fingerprint density at radius 2 is 2.00 bits per heavy atom. The molecule has 1 rings (SSSR count). The van der Waals surface area contributed by atoms with E-state index in [1.165, 1.54) is 0 Å². The molecule has 0 atom stereocenters. The van der Waals surface area contributed by atoms with Gasteiger partial charge in [-0.1, -0.05) is 0 Å². The zero-order chi connectivity index (χ0) is 6.69. The zero-order valence-corrected chi connectivity index (χ0v) is 4.91. The van der Waals surface area contributed by atoms with E-state index in [0.29, 0.717) is 10.4 Å². The lowest BCUT2D eigenvalue weighted by Crippen LogP contribution is -2.21. The first-order chi connectivity index (χ1) is 4.34. The molecule has 0 spiro atoms. The highest BCUT2D eigenvalue weighted by Crippen LogP contribution is 1.67. The molecule has 0 aliphatic carbocycles. The Morgan fingerprint density at radius 3 is 2.44 bits per heavy atom. The summed E-state index contributed by atoms with van der Waals surface area (Å²) in [7, 11) is 0. The standard InChI is InChI=1S/C8H6O/c1-7-4-2-3-5-8(7)6-9/h1-6H/p+1. The van der Waals surface area contributed by atoms with E-state index in [4.69, 9.17) is 11.7 Å². The minimum Gasteiger partial charge on any atom is -0.502 e. The van der Waals surface area contributed by atoms with E-state index in [-0.39, 0.29) is 0 Å². The van der Waals surface area contributed by atoms with Crippen molar-refractivity contribution in [3.05, 3.63) is 34.7 Å². The Labute approximate surface area is 53.6 Å². The maximum Gasteiger partial charge on any atom is 0.191 e. The number of aliphatic hydroxyl groups excluding tert-OH is 1. The van der Waals surface area contributed by atoms with Crippen LogP contribution in [0.15, 0.2) is 24.3 Å². The molecule has 0 saturated heterocycles. The molecule has 1 heteroatoms. The van der Waals surface area contributed by atoms with Gasteiger partial charge in [0, 0.05) is 12.6 Å². The van der Waals surface area contributed by atoms with E-state index in [1.807, 2.05) is 12.1 Å². The van der Waals surface area contributed by atoms with Gasteiger partial charge < -0.3 is 5.11 Å². The molecular formula is C8H7O+. The van der Waals surface area contributed by atoms with Crippen molar-refractivity contribution >= 4 is 12.8 Å². The molecule has 0 bridgehead atoms. The lowest BCUT2D eigenvalue weighted by molar-refractivity contribution is 0.540. The number of rotatable bonds is 0. The molecule has 0 aliphatic heterocycles. The first-order valence-corrected chi connectivity index (χ1v) is 2.66. The van der Waals surface area contributed by atoms with Gasteiger partial charge in [0.1, 0.15) is 11.5 Å². The van der Waals surface area contributed by atoms with Crippen LogP contribution in [0.1, 0.15) is 0 Å². The summed E-state index contributed by atoms with van der Waals surface area (Å²) < 4.78 is 0. The molecule has 0 aliphatic rings. The Morgan fingerprint density at radius 1 is 1.33 bits per heavy atom. The third kappa shape index (κ3) is 1.07. The van der Waals surface area contributed by atoms with Crippen LogP contribution in [-0.2, 0) is 0 Å². The highest BCUT2D eigenvalue weighted by Gasteiger charge is 1.86. The summed E-state index contributed by atoms with van der Waals surface area (Å²) in [5.74, 6) is 0. The highest BCUT2D eigenvalue weighted by atomic mass is 16.2. The summed E-state index contributed by atoms with van der Waals surface area (Å²) in [5.41, 5.74) is 0. The first kappa shape index (κ1) is 5.80. The van der Waals surface area contributed by atoms with Crippen molar-refractivity contribution in [2.75, 3.05) is 0 Å². The Kier molecular flexibility index (Phi) is 1.48. The van der Waals surface area contributed by atoms with E-state index in [0.717, 1.165) is 6.26 Å². The van der Waals surface area contributed by atoms with Crippen LogP contribution in [-0.4, -0.2) is 5.11 Å². The lowest BCUT2D eigenvalue weighted by atomic mass is 10.3. The zero-order valence-electron chi connectivity index (χ0n) is 4.91. The molecule has 44 valence electrons. The van der Waals surface area contributed by atoms with Crippen molar-refractivity contribution < 1.29 is 5.11 Å². The van der Waals surface area contributed by atoms with Crippen molar-refractivity contribution in [3.63, 3.8) is 0 Å². The second-order valence-electron chi connectivity index (χ2n) is 1.76. The topological polar surface area (TPSA) is 20.2 Å². The van der Waals surface area contributed by atoms with Crippen LogP contribution < -0.4 is 10.4 Å². The molecule has 1 N–H and O–H groups in total. The highest BCUT2D eigenvalue weighted by molar-refractivity contribution is 5.19. The molecule has 0 aromatic heterocycles. The van der Waals surface area contributed by atoms with Gasteiger partial charge in [0.05, 0.1) is 6.07 Å². The van der Waals surface area contributed by atoms with Gasteiger partial charge in [-0.25, -0.2) is 0 Å². The summed E-state index contributed by atoms with van der Waals surface area (Å²) in [5, 5.41) is 9.78. The Bertz CT molecular complexity index is 288. The Balaban J connectivity index is 3.53. The van der Waals surface area contributed by atoms with Gasteiger partial charge in [0.2, 0.25) is 0 Å². The van der Waals surface area contributed by atoms with Crippen molar-refractivity contribution in [2.45, 2.75) is 0 Å². The predicted octanol–water partition coefficient (Wildman–Crippen LogP) is 0.270. The van der Waals surface area contributed by atoms with E-state index >= 15 is 0 Å². The fraction of sp³-hybridized carbons (Fsp3) is 0. The van der Waals surface area contributed by atoms with E-state index in [1.54, 1.807) is 12.1 Å². The summed E-state index contributed by atoms with van der Waals surface area (Å²) in [4.78, 5) is 0. The monoisotopic (exact) mass is 119 g/mol. The first-order valence-electron chi connectivity index (χ1n) is 2.66. The molecule has 9 heavy (non-hydrogen) atoms. The molecule has 0 saturated carbocycles. The summed E-state index contributed by atoms with van der Waals surface area (Å²) in [6.45, 7) is 5.44. The molecular weight excluding hydrogens is 112 g/mol. The van der Waals surface area contributed by atoms with Crippen molar-refractivity contribution in [1.82, 2.24) is 0 Å².